The molecule has 4 nitrogen and oxygen atoms in total. The maximum absolute atomic E-state index is 12.1. The Morgan fingerprint density at radius 3 is 2.18 bits per heavy atom. The van der Waals surface area contributed by atoms with Crippen LogP contribution in [-0.4, -0.2) is 10.1 Å². The van der Waals surface area contributed by atoms with Crippen LogP contribution in [0, 0.1) is 0 Å². The molecule has 0 unspecified atom stereocenters. The lowest BCUT2D eigenvalue weighted by atomic mass is 10.1. The van der Waals surface area contributed by atoms with E-state index in [9.17, 15) is 9.90 Å². The zero-order chi connectivity index (χ0) is 15.4. The molecule has 4 heteroatoms. The molecule has 0 saturated carbocycles. The molecule has 0 aliphatic heterocycles. The van der Waals surface area contributed by atoms with Gasteiger partial charge in [0.05, 0.1) is 0 Å². The molecule has 0 aliphatic rings. The van der Waals surface area contributed by atoms with Gasteiger partial charge in [0.15, 0.2) is 0 Å². The van der Waals surface area contributed by atoms with E-state index >= 15 is 0 Å². The molecule has 0 saturated heterocycles. The highest BCUT2D eigenvalue weighted by atomic mass is 16.4. The van der Waals surface area contributed by atoms with Crippen LogP contribution < -0.4 is 5.63 Å². The van der Waals surface area contributed by atoms with Crippen LogP contribution in [0.4, 0.5) is 0 Å². The fraction of sp³-hybridized carbons (Fsp3) is 0. The van der Waals surface area contributed by atoms with Crippen LogP contribution in [0.1, 0.15) is 11.5 Å². The summed E-state index contributed by atoms with van der Waals surface area (Å²) >= 11 is 0. The first-order chi connectivity index (χ1) is 10.7. The monoisotopic (exact) mass is 291 g/mol. The standard InChI is InChI=1S/C18H13NO3/c20-17-16(14-9-5-2-6-10-14)18(21)22-15(19-17)12-11-13-7-3-1-4-8-13/h1-12,20H. The van der Waals surface area contributed by atoms with Crippen molar-refractivity contribution < 1.29 is 9.52 Å². The second kappa shape index (κ2) is 6.10. The molecular formula is C18H13NO3. The zero-order valence-electron chi connectivity index (χ0n) is 11.6. The van der Waals surface area contributed by atoms with Gasteiger partial charge in [-0.2, -0.15) is 4.98 Å². The quantitative estimate of drug-likeness (QED) is 0.801. The number of aromatic hydroxyl groups is 1. The van der Waals surface area contributed by atoms with E-state index in [0.717, 1.165) is 5.56 Å². The van der Waals surface area contributed by atoms with Gasteiger partial charge in [0.1, 0.15) is 5.56 Å². The zero-order valence-corrected chi connectivity index (χ0v) is 11.6. The predicted molar refractivity (Wildman–Crippen MR) is 85.2 cm³/mol. The SMILES string of the molecule is O=c1oc(C=Cc2ccccc2)nc(O)c1-c1ccccc1. The van der Waals surface area contributed by atoms with Crippen molar-refractivity contribution in [1.82, 2.24) is 4.98 Å². The normalized spacial score (nSPS) is 10.9. The van der Waals surface area contributed by atoms with Gasteiger partial charge in [-0.05, 0) is 17.2 Å². The van der Waals surface area contributed by atoms with Crippen LogP contribution in [0.25, 0.3) is 23.3 Å². The molecule has 0 amide bonds. The first kappa shape index (κ1) is 13.8. The number of benzene rings is 2. The Labute approximate surface area is 127 Å². The molecule has 0 bridgehead atoms. The van der Waals surface area contributed by atoms with Gasteiger partial charge in [-0.25, -0.2) is 4.79 Å². The van der Waals surface area contributed by atoms with Crippen molar-refractivity contribution in [3.05, 3.63) is 82.5 Å². The molecule has 3 rings (SSSR count). The van der Waals surface area contributed by atoms with Gasteiger partial charge in [-0.3, -0.25) is 0 Å². The number of nitrogens with zero attached hydrogens (tertiary/aromatic N) is 1. The van der Waals surface area contributed by atoms with E-state index < -0.39 is 5.63 Å². The smallest absolute Gasteiger partial charge is 0.351 e. The lowest BCUT2D eigenvalue weighted by molar-refractivity contribution is 0.413. The number of rotatable bonds is 3. The van der Waals surface area contributed by atoms with E-state index in [2.05, 4.69) is 4.98 Å². The van der Waals surface area contributed by atoms with Crippen molar-refractivity contribution in [3.63, 3.8) is 0 Å². The Morgan fingerprint density at radius 2 is 1.55 bits per heavy atom. The molecule has 1 N–H and O–H groups in total. The summed E-state index contributed by atoms with van der Waals surface area (Å²) in [5, 5.41) is 10.0. The van der Waals surface area contributed by atoms with Crippen molar-refractivity contribution in [2.75, 3.05) is 0 Å². The van der Waals surface area contributed by atoms with Gasteiger partial charge in [-0.15, -0.1) is 0 Å². The molecule has 0 fully saturated rings. The van der Waals surface area contributed by atoms with Crippen molar-refractivity contribution in [2.24, 2.45) is 0 Å². The van der Waals surface area contributed by atoms with Crippen LogP contribution in [0.15, 0.2) is 69.9 Å². The Balaban J connectivity index is 1.97. The molecule has 22 heavy (non-hydrogen) atoms. The van der Waals surface area contributed by atoms with Gasteiger partial charge >= 0.3 is 5.63 Å². The molecule has 1 heterocycles. The topological polar surface area (TPSA) is 63.3 Å². The third-order valence-corrected chi connectivity index (χ3v) is 3.12. The largest absolute Gasteiger partial charge is 0.493 e. The van der Waals surface area contributed by atoms with Crippen LogP contribution in [-0.2, 0) is 0 Å². The second-order valence-electron chi connectivity index (χ2n) is 4.65. The summed E-state index contributed by atoms with van der Waals surface area (Å²) in [4.78, 5) is 16.0. The molecule has 0 aliphatic carbocycles. The van der Waals surface area contributed by atoms with E-state index in [1.54, 1.807) is 36.4 Å². The maximum Gasteiger partial charge on any atom is 0.351 e. The average molecular weight is 291 g/mol. The summed E-state index contributed by atoms with van der Waals surface area (Å²) in [6.07, 6.45) is 3.30. The lowest BCUT2D eigenvalue weighted by Gasteiger charge is -2.02. The van der Waals surface area contributed by atoms with Crippen LogP contribution in [0.5, 0.6) is 5.88 Å². The van der Waals surface area contributed by atoms with Gasteiger partial charge in [-0.1, -0.05) is 60.7 Å². The van der Waals surface area contributed by atoms with Gasteiger partial charge in [0, 0.05) is 6.08 Å². The second-order valence-corrected chi connectivity index (χ2v) is 4.65. The first-order valence-corrected chi connectivity index (χ1v) is 6.77. The summed E-state index contributed by atoms with van der Waals surface area (Å²) in [6, 6.07) is 18.3. The third kappa shape index (κ3) is 2.96. The fourth-order valence-corrected chi connectivity index (χ4v) is 2.08. The van der Waals surface area contributed by atoms with Crippen molar-refractivity contribution in [2.45, 2.75) is 0 Å². The van der Waals surface area contributed by atoms with Crippen LogP contribution >= 0.6 is 0 Å². The van der Waals surface area contributed by atoms with Crippen molar-refractivity contribution in [3.8, 4) is 17.0 Å². The highest BCUT2D eigenvalue weighted by molar-refractivity contribution is 5.69. The van der Waals surface area contributed by atoms with Crippen molar-refractivity contribution in [1.29, 1.82) is 0 Å². The van der Waals surface area contributed by atoms with Gasteiger partial charge in [0.2, 0.25) is 11.8 Å². The molecule has 0 radical (unpaired) electrons. The van der Waals surface area contributed by atoms with Crippen LogP contribution in [0.2, 0.25) is 0 Å². The minimum absolute atomic E-state index is 0.0611. The van der Waals surface area contributed by atoms with E-state index in [4.69, 9.17) is 4.42 Å². The fourth-order valence-electron chi connectivity index (χ4n) is 2.08. The summed E-state index contributed by atoms with van der Waals surface area (Å²) in [7, 11) is 0. The molecule has 0 spiro atoms. The predicted octanol–water partition coefficient (Wildman–Crippen LogP) is 3.58. The number of hydrogen-bond acceptors (Lipinski definition) is 4. The molecule has 108 valence electrons. The first-order valence-electron chi connectivity index (χ1n) is 6.77. The Morgan fingerprint density at radius 1 is 0.909 bits per heavy atom. The van der Waals surface area contributed by atoms with E-state index in [1.807, 2.05) is 36.4 Å². The highest BCUT2D eigenvalue weighted by Gasteiger charge is 2.13. The molecule has 3 aromatic rings. The third-order valence-electron chi connectivity index (χ3n) is 3.12. The molecular weight excluding hydrogens is 278 g/mol. The van der Waals surface area contributed by atoms with Gasteiger partial charge in [0.25, 0.3) is 0 Å². The summed E-state index contributed by atoms with van der Waals surface area (Å²) in [5.74, 6) is -0.277. The van der Waals surface area contributed by atoms with Gasteiger partial charge < -0.3 is 9.52 Å². The molecule has 0 atom stereocenters. The number of aromatic nitrogens is 1. The lowest BCUT2D eigenvalue weighted by Crippen LogP contribution is -2.06. The van der Waals surface area contributed by atoms with E-state index in [0.29, 0.717) is 5.56 Å². The summed E-state index contributed by atoms with van der Waals surface area (Å²) < 4.78 is 5.15. The van der Waals surface area contributed by atoms with E-state index in [1.165, 1.54) is 0 Å². The Bertz CT molecular complexity index is 853. The molecule has 2 aromatic carbocycles. The Hall–Kier alpha value is -3.14. The van der Waals surface area contributed by atoms with Crippen molar-refractivity contribution >= 4 is 12.2 Å². The number of hydrogen-bond donors (Lipinski definition) is 1. The highest BCUT2D eigenvalue weighted by Crippen LogP contribution is 2.23. The maximum atomic E-state index is 12.1. The summed E-state index contributed by atoms with van der Waals surface area (Å²) in [5.41, 5.74) is 0.960. The average Bonchev–Trinajstić information content (AvgIpc) is 2.54. The summed E-state index contributed by atoms with van der Waals surface area (Å²) in [6.45, 7) is 0. The van der Waals surface area contributed by atoms with Crippen LogP contribution in [0.3, 0.4) is 0 Å². The minimum atomic E-state index is -0.619. The molecule has 1 aromatic heterocycles. The van der Waals surface area contributed by atoms with E-state index in [-0.39, 0.29) is 17.3 Å². The Kier molecular flexibility index (Phi) is 3.83. The minimum Gasteiger partial charge on any atom is -0.493 e.